The topological polar surface area (TPSA) is 56.0 Å². The highest BCUT2D eigenvalue weighted by molar-refractivity contribution is 9.10. The van der Waals surface area contributed by atoms with Crippen LogP contribution in [-0.2, 0) is 0 Å². The lowest BCUT2D eigenvalue weighted by atomic mass is 9.97. The third kappa shape index (κ3) is 3.01. The van der Waals surface area contributed by atoms with Crippen LogP contribution in [0.3, 0.4) is 0 Å². The van der Waals surface area contributed by atoms with Gasteiger partial charge in [-0.15, -0.1) is 0 Å². The first kappa shape index (κ1) is 13.6. The monoisotopic (exact) mass is 350 g/mol. The summed E-state index contributed by atoms with van der Waals surface area (Å²) in [6.07, 6.45) is 2.41. The fraction of sp³-hybridized carbons (Fsp3) is 0.500. The number of hydrogen-bond acceptors (Lipinski definition) is 3. The van der Waals surface area contributed by atoms with Crippen molar-refractivity contribution in [3.8, 4) is 0 Å². The van der Waals surface area contributed by atoms with E-state index in [2.05, 4.69) is 36.8 Å². The second kappa shape index (κ2) is 5.72. The van der Waals surface area contributed by atoms with Crippen LogP contribution in [0.15, 0.2) is 16.7 Å². The summed E-state index contributed by atoms with van der Waals surface area (Å²) in [5, 5.41) is 10.9. The highest BCUT2D eigenvalue weighted by Gasteiger charge is 2.25. The van der Waals surface area contributed by atoms with E-state index < -0.39 is 0 Å². The molecule has 0 aromatic carbocycles. The quantitative estimate of drug-likeness (QED) is 0.467. The van der Waals surface area contributed by atoms with Gasteiger partial charge in [-0.3, -0.25) is 15.1 Å². The minimum atomic E-state index is -0.384. The molecule has 1 aromatic rings. The average Bonchev–Trinajstić information content (AvgIpc) is 2.20. The minimum absolute atomic E-state index is 0.0495. The third-order valence-corrected chi connectivity index (χ3v) is 3.48. The zero-order valence-electron chi connectivity index (χ0n) is 8.98. The smallest absolute Gasteiger partial charge is 0.258 e. The largest absolute Gasteiger partial charge is 0.292 e. The Kier molecular flexibility index (Phi) is 4.86. The van der Waals surface area contributed by atoms with Gasteiger partial charge < -0.3 is 0 Å². The van der Waals surface area contributed by atoms with Gasteiger partial charge in [0.25, 0.3) is 5.69 Å². The number of alkyl halides is 1. The minimum Gasteiger partial charge on any atom is -0.258 e. The number of pyridine rings is 1. The predicted octanol–water partition coefficient (Wildman–Crippen LogP) is 4.03. The summed E-state index contributed by atoms with van der Waals surface area (Å²) >= 11 is 6.66. The molecule has 0 fully saturated rings. The van der Waals surface area contributed by atoms with Crippen LogP contribution >= 0.6 is 31.9 Å². The second-order valence-electron chi connectivity index (χ2n) is 3.51. The van der Waals surface area contributed by atoms with E-state index in [0.29, 0.717) is 10.2 Å². The summed E-state index contributed by atoms with van der Waals surface area (Å²) in [7, 11) is 0. The molecule has 88 valence electrons. The van der Waals surface area contributed by atoms with E-state index in [1.165, 1.54) is 6.07 Å². The van der Waals surface area contributed by atoms with Crippen molar-refractivity contribution in [3.63, 3.8) is 0 Å². The Labute approximate surface area is 111 Å². The first-order chi connectivity index (χ1) is 7.47. The van der Waals surface area contributed by atoms with Gasteiger partial charge in [-0.1, -0.05) is 29.8 Å². The van der Waals surface area contributed by atoms with E-state index in [9.17, 15) is 10.1 Å². The van der Waals surface area contributed by atoms with Crippen LogP contribution in [0.2, 0.25) is 0 Å². The van der Waals surface area contributed by atoms with Gasteiger partial charge in [0.05, 0.1) is 4.92 Å². The van der Waals surface area contributed by atoms with Gasteiger partial charge in [0.15, 0.2) is 0 Å². The van der Waals surface area contributed by atoms with Crippen LogP contribution in [0.5, 0.6) is 0 Å². The molecule has 2 atom stereocenters. The fourth-order valence-corrected chi connectivity index (χ4v) is 2.55. The van der Waals surface area contributed by atoms with E-state index in [1.807, 2.05) is 13.8 Å². The summed E-state index contributed by atoms with van der Waals surface area (Å²) in [5.74, 6) is 0.0495. The molecule has 4 nitrogen and oxygen atoms in total. The van der Waals surface area contributed by atoms with Gasteiger partial charge in [0.2, 0.25) is 0 Å². The number of nitro groups is 1. The van der Waals surface area contributed by atoms with Crippen molar-refractivity contribution in [2.75, 3.05) is 0 Å². The summed E-state index contributed by atoms with van der Waals surface area (Å²) in [5.41, 5.74) is 0.618. The normalized spacial score (nSPS) is 14.5. The van der Waals surface area contributed by atoms with Gasteiger partial charge in [0.1, 0.15) is 5.69 Å². The molecular formula is C10H12Br2N2O2. The highest BCUT2D eigenvalue weighted by atomic mass is 79.9. The van der Waals surface area contributed by atoms with Gasteiger partial charge >= 0.3 is 0 Å². The van der Waals surface area contributed by atoms with Crippen molar-refractivity contribution in [2.45, 2.75) is 31.0 Å². The van der Waals surface area contributed by atoms with Crippen LogP contribution in [-0.4, -0.2) is 14.7 Å². The molecular weight excluding hydrogens is 340 g/mol. The van der Waals surface area contributed by atoms with Gasteiger partial charge in [-0.2, -0.15) is 0 Å². The molecule has 0 spiro atoms. The van der Waals surface area contributed by atoms with E-state index in [4.69, 9.17) is 0 Å². The number of halogens is 2. The molecule has 0 aliphatic carbocycles. The maximum absolute atomic E-state index is 10.9. The number of rotatable bonds is 4. The molecule has 16 heavy (non-hydrogen) atoms. The summed E-state index contributed by atoms with van der Waals surface area (Å²) in [6.45, 7) is 3.97. The Morgan fingerprint density at radius 1 is 1.62 bits per heavy atom. The van der Waals surface area contributed by atoms with Crippen molar-refractivity contribution < 1.29 is 4.92 Å². The van der Waals surface area contributed by atoms with Crippen molar-refractivity contribution in [1.82, 2.24) is 4.98 Å². The first-order valence-corrected chi connectivity index (χ1v) is 6.62. The first-order valence-electron chi connectivity index (χ1n) is 4.91. The molecule has 1 heterocycles. The summed E-state index contributed by atoms with van der Waals surface area (Å²) in [4.78, 5) is 14.9. The lowest BCUT2D eigenvalue weighted by Crippen LogP contribution is -2.12. The van der Waals surface area contributed by atoms with Gasteiger partial charge in [0, 0.05) is 27.5 Å². The van der Waals surface area contributed by atoms with Crippen LogP contribution in [0.1, 0.15) is 31.9 Å². The molecule has 2 unspecified atom stereocenters. The SMILES string of the molecule is CCC(c1ncc(Br)cc1[N+](=O)[O-])C(C)Br. The second-order valence-corrected chi connectivity index (χ2v) is 5.87. The summed E-state index contributed by atoms with van der Waals surface area (Å²) < 4.78 is 0.625. The van der Waals surface area contributed by atoms with Crippen molar-refractivity contribution in [3.05, 3.63) is 32.5 Å². The van der Waals surface area contributed by atoms with Gasteiger partial charge in [-0.25, -0.2) is 0 Å². The molecule has 0 saturated heterocycles. The van der Waals surface area contributed by atoms with Crippen LogP contribution < -0.4 is 0 Å². The molecule has 0 amide bonds. The molecule has 0 N–H and O–H groups in total. The fourth-order valence-electron chi connectivity index (χ4n) is 1.61. The molecule has 0 aliphatic heterocycles. The Balaban J connectivity index is 3.26. The zero-order chi connectivity index (χ0) is 12.3. The van der Waals surface area contributed by atoms with Crippen LogP contribution in [0, 0.1) is 10.1 Å². The van der Waals surface area contributed by atoms with E-state index >= 15 is 0 Å². The van der Waals surface area contributed by atoms with Crippen LogP contribution in [0.4, 0.5) is 5.69 Å². The lowest BCUT2D eigenvalue weighted by molar-refractivity contribution is -0.386. The Bertz CT molecular complexity index is 396. The molecule has 0 aliphatic rings. The third-order valence-electron chi connectivity index (χ3n) is 2.41. The molecule has 0 saturated carbocycles. The Morgan fingerprint density at radius 3 is 2.69 bits per heavy atom. The maximum atomic E-state index is 10.9. The van der Waals surface area contributed by atoms with Crippen molar-refractivity contribution >= 4 is 37.5 Å². The van der Waals surface area contributed by atoms with Crippen LogP contribution in [0.25, 0.3) is 0 Å². The lowest BCUT2D eigenvalue weighted by Gasteiger charge is -2.16. The average molecular weight is 352 g/mol. The standard InChI is InChI=1S/C10H12Br2N2O2/c1-3-8(6(2)11)10-9(14(15)16)4-7(12)5-13-10/h4-6,8H,3H2,1-2H3. The number of hydrogen-bond donors (Lipinski definition) is 0. The zero-order valence-corrected chi connectivity index (χ0v) is 12.2. The molecule has 1 rings (SSSR count). The number of aromatic nitrogens is 1. The maximum Gasteiger partial charge on any atom is 0.292 e. The highest BCUT2D eigenvalue weighted by Crippen LogP contribution is 2.33. The van der Waals surface area contributed by atoms with Crippen molar-refractivity contribution in [2.24, 2.45) is 0 Å². The number of nitrogens with zero attached hydrogens (tertiary/aromatic N) is 2. The van der Waals surface area contributed by atoms with E-state index in [-0.39, 0.29) is 21.4 Å². The van der Waals surface area contributed by atoms with Gasteiger partial charge in [-0.05, 0) is 22.4 Å². The predicted molar refractivity (Wildman–Crippen MR) is 70.0 cm³/mol. The van der Waals surface area contributed by atoms with Crippen molar-refractivity contribution in [1.29, 1.82) is 0 Å². The van der Waals surface area contributed by atoms with E-state index in [0.717, 1.165) is 6.42 Å². The Morgan fingerprint density at radius 2 is 2.25 bits per heavy atom. The Hall–Kier alpha value is -0.490. The summed E-state index contributed by atoms with van der Waals surface area (Å²) in [6, 6.07) is 1.50. The molecule has 1 aromatic heterocycles. The molecule has 0 radical (unpaired) electrons. The van der Waals surface area contributed by atoms with E-state index in [1.54, 1.807) is 6.20 Å². The molecule has 6 heteroatoms. The molecule has 0 bridgehead atoms.